The van der Waals surface area contributed by atoms with Gasteiger partial charge >= 0.3 is 6.09 Å². The maximum atomic E-state index is 11.5. The van der Waals surface area contributed by atoms with Gasteiger partial charge in [-0.15, -0.1) is 11.3 Å². The molecule has 0 atom stereocenters. The maximum Gasteiger partial charge on any atom is 0.412 e. The van der Waals surface area contributed by atoms with Crippen LogP contribution in [0.25, 0.3) is 10.4 Å². The highest BCUT2D eigenvalue weighted by atomic mass is 32.1. The monoisotopic (exact) mass is 268 g/mol. The van der Waals surface area contributed by atoms with Crippen molar-refractivity contribution in [3.05, 3.63) is 26.8 Å². The van der Waals surface area contributed by atoms with E-state index < -0.39 is 17.6 Å². The first-order valence-electron chi connectivity index (χ1n) is 5.00. The highest BCUT2D eigenvalue weighted by Crippen LogP contribution is 2.24. The molecule has 1 aromatic heterocycles. The highest BCUT2D eigenvalue weighted by molar-refractivity contribution is 7.12. The number of anilines is 1. The highest BCUT2D eigenvalue weighted by Gasteiger charge is 2.19. The molecule has 96 valence electrons. The van der Waals surface area contributed by atoms with Gasteiger partial charge in [0.05, 0.1) is 5.69 Å². The molecule has 0 fully saturated rings. The summed E-state index contributed by atoms with van der Waals surface area (Å²) in [4.78, 5) is 25.5. The average molecular weight is 268 g/mol. The molecular formula is C10H12N4O3S. The van der Waals surface area contributed by atoms with Crippen molar-refractivity contribution in [2.75, 3.05) is 5.32 Å². The maximum absolute atomic E-state index is 11.5. The zero-order chi connectivity index (χ0) is 13.8. The summed E-state index contributed by atoms with van der Waals surface area (Å²) in [5, 5.41) is 7.01. The zero-order valence-electron chi connectivity index (χ0n) is 10.1. The molecule has 7 nitrogen and oxygen atoms in total. The van der Waals surface area contributed by atoms with Crippen LogP contribution in [0.3, 0.4) is 0 Å². The predicted molar refractivity (Wildman–Crippen MR) is 67.7 cm³/mol. The topological polar surface area (TPSA) is 104 Å². The molecule has 0 bridgehead atoms. The molecule has 0 saturated heterocycles. The summed E-state index contributed by atoms with van der Waals surface area (Å²) in [6.45, 7) is 5.19. The van der Waals surface area contributed by atoms with Crippen LogP contribution < -0.4 is 5.32 Å². The third kappa shape index (κ3) is 4.08. The number of ether oxygens (including phenoxy) is 1. The minimum absolute atomic E-state index is 0.165. The van der Waals surface area contributed by atoms with Gasteiger partial charge in [-0.1, -0.05) is 0 Å². The molecular weight excluding hydrogens is 256 g/mol. The van der Waals surface area contributed by atoms with E-state index in [-0.39, 0.29) is 10.6 Å². The summed E-state index contributed by atoms with van der Waals surface area (Å²) >= 11 is 1.07. The van der Waals surface area contributed by atoms with E-state index >= 15 is 0 Å². The van der Waals surface area contributed by atoms with Crippen LogP contribution in [-0.2, 0) is 4.74 Å². The molecule has 8 heteroatoms. The Hall–Kier alpha value is -2.05. The summed E-state index contributed by atoms with van der Waals surface area (Å²) < 4.78 is 5.05. The van der Waals surface area contributed by atoms with E-state index in [1.165, 1.54) is 6.07 Å². The Morgan fingerprint density at radius 3 is 2.72 bits per heavy atom. The number of rotatable bonds is 2. The molecule has 0 aliphatic heterocycles. The summed E-state index contributed by atoms with van der Waals surface area (Å²) in [5.41, 5.74) is 7.83. The summed E-state index contributed by atoms with van der Waals surface area (Å²) in [6.07, 6.45) is -0.670. The molecule has 0 unspecified atom stereocenters. The normalized spacial score (nSPS) is 10.4. The van der Waals surface area contributed by atoms with Crippen molar-refractivity contribution in [2.24, 2.45) is 5.11 Å². The number of nitrogens with one attached hydrogen (secondary N) is 1. The van der Waals surface area contributed by atoms with Crippen LogP contribution >= 0.6 is 11.3 Å². The first kappa shape index (κ1) is 14.0. The predicted octanol–water partition coefficient (Wildman–Crippen LogP) is 3.55. The number of carbonyl (C=O) groups excluding carboxylic acids is 2. The number of hydrogen-bond donors (Lipinski definition) is 1. The Kier molecular flexibility index (Phi) is 4.30. The van der Waals surface area contributed by atoms with E-state index in [4.69, 9.17) is 10.3 Å². The number of amides is 2. The fraction of sp³-hybridized carbons (Fsp3) is 0.400. The smallest absolute Gasteiger partial charge is 0.412 e. The second kappa shape index (κ2) is 5.52. The Morgan fingerprint density at radius 1 is 1.50 bits per heavy atom. The fourth-order valence-electron chi connectivity index (χ4n) is 1.07. The summed E-state index contributed by atoms with van der Waals surface area (Å²) in [5.74, 6) is -0.737. The van der Waals surface area contributed by atoms with E-state index in [9.17, 15) is 9.59 Å². The Bertz CT molecular complexity index is 511. The SMILES string of the molecule is CC(C)(C)OC(=O)Nc1ccsc1C(=O)N=[N+]=[N-]. The standard InChI is InChI=1S/C10H12N4O3S/c1-10(2,3)17-9(16)12-6-4-5-18-7(6)8(15)13-14-11/h4-5H,1-3H3,(H,12,16). The number of thiophene rings is 1. The Labute approximate surface area is 107 Å². The second-order valence-electron chi connectivity index (χ2n) is 4.28. The average Bonchev–Trinajstić information content (AvgIpc) is 2.62. The lowest BCUT2D eigenvalue weighted by Gasteiger charge is -2.19. The van der Waals surface area contributed by atoms with Gasteiger partial charge in [-0.05, 0) is 42.9 Å². The van der Waals surface area contributed by atoms with Gasteiger partial charge < -0.3 is 4.74 Å². The molecule has 1 heterocycles. The Morgan fingerprint density at radius 2 is 2.17 bits per heavy atom. The van der Waals surface area contributed by atoms with Crippen molar-refractivity contribution in [2.45, 2.75) is 26.4 Å². The van der Waals surface area contributed by atoms with Crippen molar-refractivity contribution < 1.29 is 14.3 Å². The van der Waals surface area contributed by atoms with Crippen molar-refractivity contribution in [1.29, 1.82) is 0 Å². The molecule has 0 spiro atoms. The molecule has 2 amide bonds. The second-order valence-corrected chi connectivity index (χ2v) is 5.20. The van der Waals surface area contributed by atoms with Gasteiger partial charge in [-0.2, -0.15) is 0 Å². The minimum Gasteiger partial charge on any atom is -0.444 e. The lowest BCUT2D eigenvalue weighted by Crippen LogP contribution is -2.27. The molecule has 0 aliphatic carbocycles. The molecule has 0 saturated carbocycles. The third-order valence-electron chi connectivity index (χ3n) is 1.63. The quantitative estimate of drug-likeness (QED) is 0.503. The van der Waals surface area contributed by atoms with Crippen molar-refractivity contribution >= 4 is 29.0 Å². The van der Waals surface area contributed by atoms with Crippen LogP contribution in [0.2, 0.25) is 0 Å². The molecule has 0 aromatic carbocycles. The van der Waals surface area contributed by atoms with E-state index in [2.05, 4.69) is 15.3 Å². The van der Waals surface area contributed by atoms with Crippen molar-refractivity contribution in [1.82, 2.24) is 0 Å². The van der Waals surface area contributed by atoms with Crippen LogP contribution in [0.15, 0.2) is 16.6 Å². The van der Waals surface area contributed by atoms with Gasteiger partial charge in [-0.3, -0.25) is 10.1 Å². The lowest BCUT2D eigenvalue weighted by molar-refractivity contribution is 0.0636. The van der Waals surface area contributed by atoms with E-state index in [1.807, 2.05) is 0 Å². The van der Waals surface area contributed by atoms with E-state index in [1.54, 1.807) is 26.2 Å². The van der Waals surface area contributed by atoms with Gasteiger partial charge in [0.25, 0.3) is 5.91 Å². The number of nitrogens with zero attached hydrogens (tertiary/aromatic N) is 3. The Balaban J connectivity index is 2.80. The van der Waals surface area contributed by atoms with Crippen LogP contribution in [0.1, 0.15) is 30.4 Å². The van der Waals surface area contributed by atoms with Crippen LogP contribution in [0, 0.1) is 0 Å². The molecule has 0 aliphatic rings. The van der Waals surface area contributed by atoms with Crippen LogP contribution in [0.5, 0.6) is 0 Å². The van der Waals surface area contributed by atoms with E-state index in [0.29, 0.717) is 0 Å². The molecule has 0 radical (unpaired) electrons. The van der Waals surface area contributed by atoms with Gasteiger partial charge in [-0.25, -0.2) is 4.79 Å². The van der Waals surface area contributed by atoms with Gasteiger partial charge in [0.15, 0.2) is 0 Å². The fourth-order valence-corrected chi connectivity index (χ4v) is 1.80. The summed E-state index contributed by atoms with van der Waals surface area (Å²) in [7, 11) is 0. The van der Waals surface area contributed by atoms with Crippen molar-refractivity contribution in [3.63, 3.8) is 0 Å². The number of carbonyl (C=O) groups is 2. The summed E-state index contributed by atoms with van der Waals surface area (Å²) in [6, 6.07) is 1.54. The minimum atomic E-state index is -0.737. The lowest BCUT2D eigenvalue weighted by atomic mass is 10.2. The molecule has 18 heavy (non-hydrogen) atoms. The van der Waals surface area contributed by atoms with Gasteiger partial charge in [0.1, 0.15) is 10.5 Å². The third-order valence-corrected chi connectivity index (χ3v) is 2.53. The van der Waals surface area contributed by atoms with E-state index in [0.717, 1.165) is 11.3 Å². The number of azide groups is 1. The van der Waals surface area contributed by atoms with Gasteiger partial charge in [0.2, 0.25) is 0 Å². The van der Waals surface area contributed by atoms with Crippen molar-refractivity contribution in [3.8, 4) is 0 Å². The van der Waals surface area contributed by atoms with Crippen LogP contribution in [0.4, 0.5) is 10.5 Å². The van der Waals surface area contributed by atoms with Gasteiger partial charge in [0, 0.05) is 4.91 Å². The number of hydrogen-bond acceptors (Lipinski definition) is 4. The van der Waals surface area contributed by atoms with Crippen LogP contribution in [-0.4, -0.2) is 17.6 Å². The zero-order valence-corrected chi connectivity index (χ0v) is 10.9. The molecule has 1 aromatic rings. The first-order chi connectivity index (χ1) is 8.33. The molecule has 1 rings (SSSR count). The largest absolute Gasteiger partial charge is 0.444 e. The first-order valence-corrected chi connectivity index (χ1v) is 5.88. The molecule has 1 N–H and O–H groups in total.